The van der Waals surface area contributed by atoms with Crippen LogP contribution in [0.15, 0.2) is 0 Å². The minimum absolute atomic E-state index is 0.0396. The van der Waals surface area contributed by atoms with E-state index in [0.717, 1.165) is 38.5 Å². The number of rotatable bonds is 32. The zero-order chi connectivity index (χ0) is 32.0. The maximum atomic E-state index is 13.8. The Morgan fingerprint density at radius 2 is 0.721 bits per heavy atom. The molecule has 1 N–H and O–H groups in total. The van der Waals surface area contributed by atoms with Crippen LogP contribution in [0.25, 0.3) is 0 Å². The fourth-order valence-electron chi connectivity index (χ4n) is 6.80. The number of carbonyl (C=O) groups is 2. The van der Waals surface area contributed by atoms with Gasteiger partial charge in [0.25, 0.3) is 0 Å². The van der Waals surface area contributed by atoms with Gasteiger partial charge in [0, 0.05) is 0 Å². The number of hydrogen-bond donors (Lipinski definition) is 1. The molecule has 0 aliphatic rings. The number of hydrogen-bond acceptors (Lipinski definition) is 3. The Morgan fingerprint density at radius 3 is 0.953 bits per heavy atom. The fraction of sp³-hybridized carbons (Fsp3) is 0.949. The van der Waals surface area contributed by atoms with E-state index in [0.29, 0.717) is 0 Å². The molecular formula is C39H78NO3+. The van der Waals surface area contributed by atoms with E-state index < -0.39 is 0 Å². The van der Waals surface area contributed by atoms with Crippen LogP contribution in [0.5, 0.6) is 0 Å². The Kier molecular flexibility index (Phi) is 29.4. The fourth-order valence-corrected chi connectivity index (χ4v) is 6.80. The molecule has 0 fully saturated rings. The molecule has 0 aromatic rings. The zero-order valence-corrected chi connectivity index (χ0v) is 30.1. The number of likely N-dealkylation sites (N-methyl/N-ethyl adjacent to an activating group) is 1. The highest BCUT2D eigenvalue weighted by molar-refractivity contribution is 5.87. The van der Waals surface area contributed by atoms with E-state index in [1.165, 1.54) is 141 Å². The highest BCUT2D eigenvalue weighted by Crippen LogP contribution is 2.27. The van der Waals surface area contributed by atoms with Gasteiger partial charge in [0.1, 0.15) is 6.54 Å². The average molecular weight is 609 g/mol. The number of carbonyl (C=O) groups excluding carboxylic acids is 2. The van der Waals surface area contributed by atoms with Crippen LogP contribution in [0.1, 0.15) is 207 Å². The average Bonchev–Trinajstić information content (AvgIpc) is 3.01. The van der Waals surface area contributed by atoms with Crippen LogP contribution < -0.4 is 0 Å². The van der Waals surface area contributed by atoms with Gasteiger partial charge >= 0.3 is 11.8 Å². The lowest BCUT2D eigenvalue weighted by molar-refractivity contribution is -0.762. The van der Waals surface area contributed by atoms with Crippen LogP contribution >= 0.6 is 0 Å². The van der Waals surface area contributed by atoms with Crippen LogP contribution in [-0.2, 0) is 9.59 Å². The van der Waals surface area contributed by atoms with Gasteiger partial charge in [0.2, 0.25) is 0 Å². The molecule has 0 aliphatic carbocycles. The molecule has 4 heteroatoms. The minimum Gasteiger partial charge on any atom is -0.390 e. The van der Waals surface area contributed by atoms with E-state index in [1.54, 1.807) is 7.05 Å². The summed E-state index contributed by atoms with van der Waals surface area (Å²) in [6.45, 7) is 8.80. The standard InChI is InChI=1S/C39H78NO3/c1-6-10-12-14-16-18-20-22-24-26-28-30-32-36(8-3)38(42)40(5,34-35-41)39(43)37(9-4)33-31-29-27-25-23-21-19-17-15-13-11-7-2/h36-37,41H,6-35H2,1-5H3/q+1. The summed E-state index contributed by atoms with van der Waals surface area (Å²) in [7, 11) is 1.79. The number of aliphatic hydroxyl groups excluding tert-OH is 1. The summed E-state index contributed by atoms with van der Waals surface area (Å²) in [5.41, 5.74) is 0. The predicted octanol–water partition coefficient (Wildman–Crippen LogP) is 11.7. The molecule has 0 aliphatic heterocycles. The van der Waals surface area contributed by atoms with Crippen molar-refractivity contribution in [1.82, 2.24) is 0 Å². The zero-order valence-electron chi connectivity index (χ0n) is 30.1. The van der Waals surface area contributed by atoms with Crippen LogP contribution in [0, 0.1) is 11.8 Å². The van der Waals surface area contributed by atoms with Crippen molar-refractivity contribution in [1.29, 1.82) is 0 Å². The van der Waals surface area contributed by atoms with E-state index in [-0.39, 0.29) is 41.3 Å². The maximum Gasteiger partial charge on any atom is 0.324 e. The summed E-state index contributed by atoms with van der Waals surface area (Å²) in [4.78, 5) is 27.6. The second-order valence-corrected chi connectivity index (χ2v) is 13.9. The lowest BCUT2D eigenvalue weighted by Gasteiger charge is -2.34. The number of quaternary nitrogens is 1. The number of nitrogens with zero attached hydrogens (tertiary/aromatic N) is 1. The van der Waals surface area contributed by atoms with Crippen molar-refractivity contribution in [3.8, 4) is 0 Å². The summed E-state index contributed by atoms with van der Waals surface area (Å²) in [5.74, 6) is -0.101. The molecule has 43 heavy (non-hydrogen) atoms. The normalized spacial score (nSPS) is 14.5. The molecule has 0 spiro atoms. The second kappa shape index (κ2) is 29.9. The molecule has 0 aromatic heterocycles. The monoisotopic (exact) mass is 609 g/mol. The summed E-state index contributed by atoms with van der Waals surface area (Å²) >= 11 is 0. The van der Waals surface area contributed by atoms with E-state index in [2.05, 4.69) is 27.7 Å². The van der Waals surface area contributed by atoms with Crippen molar-refractivity contribution in [2.24, 2.45) is 11.8 Å². The Balaban J connectivity index is 4.43. The van der Waals surface area contributed by atoms with Crippen molar-refractivity contribution in [3.63, 3.8) is 0 Å². The van der Waals surface area contributed by atoms with Crippen molar-refractivity contribution in [2.45, 2.75) is 207 Å². The van der Waals surface area contributed by atoms with E-state index in [1.807, 2.05) is 0 Å². The third kappa shape index (κ3) is 20.8. The Labute approximate surface area is 270 Å². The van der Waals surface area contributed by atoms with Crippen LogP contribution in [0.4, 0.5) is 0 Å². The third-order valence-corrected chi connectivity index (χ3v) is 10.0. The van der Waals surface area contributed by atoms with Crippen LogP contribution in [0.3, 0.4) is 0 Å². The van der Waals surface area contributed by atoms with Gasteiger partial charge in [-0.3, -0.25) is 0 Å². The molecule has 2 unspecified atom stereocenters. The topological polar surface area (TPSA) is 54.4 Å². The second-order valence-electron chi connectivity index (χ2n) is 13.9. The number of aliphatic hydroxyl groups is 1. The van der Waals surface area contributed by atoms with E-state index in [9.17, 15) is 14.7 Å². The van der Waals surface area contributed by atoms with Crippen LogP contribution in [0.2, 0.25) is 0 Å². The van der Waals surface area contributed by atoms with Gasteiger partial charge in [-0.25, -0.2) is 9.59 Å². The van der Waals surface area contributed by atoms with Gasteiger partial charge in [0.05, 0.1) is 25.5 Å². The van der Waals surface area contributed by atoms with Crippen molar-refractivity contribution < 1.29 is 19.2 Å². The largest absolute Gasteiger partial charge is 0.390 e. The maximum absolute atomic E-state index is 13.8. The number of imide groups is 1. The van der Waals surface area contributed by atoms with Gasteiger partial charge in [-0.2, -0.15) is 4.48 Å². The lowest BCUT2D eigenvalue weighted by Crippen LogP contribution is -2.59. The Morgan fingerprint density at radius 1 is 0.465 bits per heavy atom. The first-order chi connectivity index (χ1) is 20.9. The first-order valence-corrected chi connectivity index (χ1v) is 19.5. The smallest absolute Gasteiger partial charge is 0.324 e. The van der Waals surface area contributed by atoms with Crippen LogP contribution in [-0.4, -0.2) is 41.6 Å². The quantitative estimate of drug-likeness (QED) is 0.0610. The van der Waals surface area contributed by atoms with Gasteiger partial charge < -0.3 is 5.11 Å². The summed E-state index contributed by atoms with van der Waals surface area (Å²) in [5, 5.41) is 9.87. The number of amides is 2. The van der Waals surface area contributed by atoms with Gasteiger partial charge in [-0.15, -0.1) is 0 Å². The molecule has 4 nitrogen and oxygen atoms in total. The molecule has 0 bridgehead atoms. The minimum atomic E-state index is -0.218. The molecule has 0 aromatic carbocycles. The van der Waals surface area contributed by atoms with E-state index in [4.69, 9.17) is 0 Å². The van der Waals surface area contributed by atoms with Crippen molar-refractivity contribution >= 4 is 11.8 Å². The molecule has 2 atom stereocenters. The summed E-state index contributed by atoms with van der Waals surface area (Å²) in [6.07, 6.45) is 34.8. The van der Waals surface area contributed by atoms with Gasteiger partial charge in [-0.1, -0.05) is 182 Å². The van der Waals surface area contributed by atoms with Gasteiger partial charge in [-0.05, 0) is 25.7 Å². The number of unbranched alkanes of at least 4 members (excludes halogenated alkanes) is 22. The Bertz CT molecular complexity index is 586. The summed E-state index contributed by atoms with van der Waals surface area (Å²) in [6, 6.07) is 0. The predicted molar refractivity (Wildman–Crippen MR) is 187 cm³/mol. The molecule has 0 saturated heterocycles. The lowest BCUT2D eigenvalue weighted by atomic mass is 9.92. The van der Waals surface area contributed by atoms with Crippen molar-refractivity contribution in [3.05, 3.63) is 0 Å². The highest BCUT2D eigenvalue weighted by Gasteiger charge is 2.45. The molecule has 0 radical (unpaired) electrons. The SMILES string of the molecule is CCCCCCCCCCCCCCC(CC)C(=O)[N+](C)(CCO)C(=O)C(CC)CCCCCCCCCCCCCC. The first-order valence-electron chi connectivity index (χ1n) is 19.5. The molecule has 256 valence electrons. The molecule has 0 saturated carbocycles. The molecular weight excluding hydrogens is 530 g/mol. The molecule has 0 rings (SSSR count). The highest BCUT2D eigenvalue weighted by atomic mass is 16.3. The summed E-state index contributed by atoms with van der Waals surface area (Å²) < 4.78 is -0.218. The Hall–Kier alpha value is -0.740. The third-order valence-electron chi connectivity index (χ3n) is 10.0. The first kappa shape index (κ1) is 42.3. The van der Waals surface area contributed by atoms with E-state index >= 15 is 0 Å². The van der Waals surface area contributed by atoms with Gasteiger partial charge in [0.15, 0.2) is 0 Å². The van der Waals surface area contributed by atoms with Crippen molar-refractivity contribution in [2.75, 3.05) is 20.2 Å². The molecule has 0 heterocycles. The molecule has 2 amide bonds.